The second-order valence-electron chi connectivity index (χ2n) is 6.29. The molecule has 1 N–H and O–H groups in total. The molecule has 0 saturated carbocycles. The third-order valence-corrected chi connectivity index (χ3v) is 4.39. The number of alkyl halides is 2. The van der Waals surface area contributed by atoms with E-state index in [-0.39, 0.29) is 30.2 Å². The van der Waals surface area contributed by atoms with E-state index in [1.165, 1.54) is 34.1 Å². The van der Waals surface area contributed by atoms with E-state index in [0.717, 1.165) is 0 Å². The molecule has 1 aromatic rings. The summed E-state index contributed by atoms with van der Waals surface area (Å²) in [5.41, 5.74) is -0.0222. The number of benzene rings is 1. The van der Waals surface area contributed by atoms with Gasteiger partial charge in [-0.3, -0.25) is 14.4 Å². The lowest BCUT2D eigenvalue weighted by atomic mass is 10.1. The van der Waals surface area contributed by atoms with Crippen LogP contribution in [0.15, 0.2) is 24.3 Å². The van der Waals surface area contributed by atoms with E-state index in [9.17, 15) is 23.2 Å². The number of para-hydroxylation sites is 1. The number of carbonyl (C=O) groups is 3. The van der Waals surface area contributed by atoms with Crippen LogP contribution in [0, 0.1) is 0 Å². The molecule has 1 fully saturated rings. The van der Waals surface area contributed by atoms with Crippen LogP contribution in [-0.2, 0) is 9.59 Å². The van der Waals surface area contributed by atoms with Crippen molar-refractivity contribution >= 4 is 17.8 Å². The third-order valence-electron chi connectivity index (χ3n) is 4.39. The fourth-order valence-corrected chi connectivity index (χ4v) is 3.10. The van der Waals surface area contributed by atoms with Gasteiger partial charge in [0, 0.05) is 26.6 Å². The lowest BCUT2D eigenvalue weighted by molar-refractivity contribution is -0.138. The zero-order chi connectivity index (χ0) is 20.0. The Hall–Kier alpha value is -2.71. The number of nitrogens with zero attached hydrogens (tertiary/aromatic N) is 2. The van der Waals surface area contributed by atoms with Crippen LogP contribution in [0.3, 0.4) is 0 Å². The second kappa shape index (κ2) is 9.29. The fraction of sp³-hybridized carbons (Fsp3) is 0.500. The summed E-state index contributed by atoms with van der Waals surface area (Å²) in [6, 6.07) is 4.99. The summed E-state index contributed by atoms with van der Waals surface area (Å²) >= 11 is 0. The Morgan fingerprint density at radius 3 is 2.70 bits per heavy atom. The molecule has 1 saturated heterocycles. The van der Waals surface area contributed by atoms with E-state index < -0.39 is 24.5 Å². The van der Waals surface area contributed by atoms with Crippen molar-refractivity contribution in [2.45, 2.75) is 38.3 Å². The summed E-state index contributed by atoms with van der Waals surface area (Å²) in [7, 11) is 1.55. The van der Waals surface area contributed by atoms with Gasteiger partial charge in [0.25, 0.3) is 5.91 Å². The van der Waals surface area contributed by atoms with Crippen LogP contribution in [0.25, 0.3) is 0 Å². The molecule has 0 radical (unpaired) electrons. The van der Waals surface area contributed by atoms with Crippen molar-refractivity contribution in [2.75, 3.05) is 20.1 Å². The van der Waals surface area contributed by atoms with Gasteiger partial charge in [-0.15, -0.1) is 0 Å². The van der Waals surface area contributed by atoms with E-state index in [0.29, 0.717) is 25.8 Å². The van der Waals surface area contributed by atoms with Gasteiger partial charge in [0.2, 0.25) is 5.91 Å². The minimum Gasteiger partial charge on any atom is -0.481 e. The standard InChI is InChI=1S/C18H22F2N2O5/c1-21(10-5-9-15(23)24)17(26)13-7-4-11-22(13)16(25)12-6-2-3-8-14(12)27-18(19)20/h2-3,6,8,13,18H,4-5,7,9-11H2,1H3,(H,23,24). The highest BCUT2D eigenvalue weighted by Crippen LogP contribution is 2.27. The predicted octanol–water partition coefficient (Wildman–Crippen LogP) is 2.22. The number of likely N-dealkylation sites (tertiary alicyclic amines) is 1. The molecule has 2 rings (SSSR count). The van der Waals surface area contributed by atoms with Gasteiger partial charge in [0.1, 0.15) is 11.8 Å². The van der Waals surface area contributed by atoms with Crippen LogP contribution >= 0.6 is 0 Å². The largest absolute Gasteiger partial charge is 0.481 e. The van der Waals surface area contributed by atoms with E-state index in [1.54, 1.807) is 7.05 Å². The van der Waals surface area contributed by atoms with E-state index in [4.69, 9.17) is 5.11 Å². The van der Waals surface area contributed by atoms with Crippen molar-refractivity contribution in [1.82, 2.24) is 9.80 Å². The van der Waals surface area contributed by atoms with E-state index in [1.807, 2.05) is 0 Å². The molecule has 27 heavy (non-hydrogen) atoms. The Morgan fingerprint density at radius 2 is 2.04 bits per heavy atom. The molecule has 7 nitrogen and oxygen atoms in total. The first-order chi connectivity index (χ1) is 12.8. The van der Waals surface area contributed by atoms with Crippen molar-refractivity contribution < 1.29 is 33.0 Å². The van der Waals surface area contributed by atoms with Crippen LogP contribution in [0.4, 0.5) is 8.78 Å². The van der Waals surface area contributed by atoms with Crippen molar-refractivity contribution in [3.05, 3.63) is 29.8 Å². The Morgan fingerprint density at radius 1 is 1.33 bits per heavy atom. The number of carbonyl (C=O) groups excluding carboxylic acids is 2. The van der Waals surface area contributed by atoms with E-state index >= 15 is 0 Å². The highest BCUT2D eigenvalue weighted by atomic mass is 19.3. The van der Waals surface area contributed by atoms with Crippen LogP contribution in [-0.4, -0.2) is 65.5 Å². The van der Waals surface area contributed by atoms with E-state index in [2.05, 4.69) is 4.74 Å². The van der Waals surface area contributed by atoms with Gasteiger partial charge in [0.15, 0.2) is 0 Å². The smallest absolute Gasteiger partial charge is 0.387 e. The van der Waals surface area contributed by atoms with Gasteiger partial charge >= 0.3 is 12.6 Å². The summed E-state index contributed by atoms with van der Waals surface area (Å²) in [5, 5.41) is 8.68. The first kappa shape index (κ1) is 20.6. The molecule has 0 spiro atoms. The van der Waals surface area contributed by atoms with Crippen LogP contribution in [0.1, 0.15) is 36.0 Å². The lowest BCUT2D eigenvalue weighted by Gasteiger charge is -2.28. The Labute approximate surface area is 155 Å². The number of carboxylic acid groups (broad SMARTS) is 1. The first-order valence-electron chi connectivity index (χ1n) is 8.63. The highest BCUT2D eigenvalue weighted by Gasteiger charge is 2.37. The number of ether oxygens (including phenoxy) is 1. The molecule has 1 aliphatic rings. The Bertz CT molecular complexity index is 698. The number of carboxylic acids is 1. The molecule has 1 atom stereocenters. The zero-order valence-electron chi connectivity index (χ0n) is 14.9. The molecular weight excluding hydrogens is 362 g/mol. The maximum absolute atomic E-state index is 12.8. The van der Waals surface area contributed by atoms with Crippen LogP contribution in [0.2, 0.25) is 0 Å². The Balaban J connectivity index is 2.10. The van der Waals surface area contributed by atoms with Crippen LogP contribution in [0.5, 0.6) is 5.75 Å². The summed E-state index contributed by atoms with van der Waals surface area (Å²) < 4.78 is 29.6. The SMILES string of the molecule is CN(CCCC(=O)O)C(=O)C1CCCN1C(=O)c1ccccc1OC(F)F. The zero-order valence-corrected chi connectivity index (χ0v) is 14.9. The predicted molar refractivity (Wildman–Crippen MR) is 91.6 cm³/mol. The van der Waals surface area contributed by atoms with Gasteiger partial charge in [0.05, 0.1) is 5.56 Å². The van der Waals surface area contributed by atoms with Gasteiger partial charge in [-0.05, 0) is 31.4 Å². The third kappa shape index (κ3) is 5.38. The van der Waals surface area contributed by atoms with Crippen molar-refractivity contribution in [3.63, 3.8) is 0 Å². The Kier molecular flexibility index (Phi) is 7.09. The summed E-state index contributed by atoms with van der Waals surface area (Å²) in [5.74, 6) is -2.01. The minimum atomic E-state index is -3.06. The molecule has 0 aliphatic carbocycles. The summed E-state index contributed by atoms with van der Waals surface area (Å²) in [6.07, 6.45) is 1.33. The van der Waals surface area contributed by atoms with Crippen molar-refractivity contribution in [2.24, 2.45) is 0 Å². The molecular formula is C18H22F2N2O5. The van der Waals surface area contributed by atoms with Gasteiger partial charge in [-0.2, -0.15) is 8.78 Å². The topological polar surface area (TPSA) is 87.2 Å². The average molecular weight is 384 g/mol. The molecule has 2 amide bonds. The summed E-state index contributed by atoms with van der Waals surface area (Å²) in [4.78, 5) is 38.9. The van der Waals surface area contributed by atoms with Crippen LogP contribution < -0.4 is 4.74 Å². The normalized spacial score (nSPS) is 16.4. The molecule has 1 heterocycles. The molecule has 0 aromatic heterocycles. The number of aliphatic carboxylic acids is 1. The summed E-state index contributed by atoms with van der Waals surface area (Å²) in [6.45, 7) is -2.47. The minimum absolute atomic E-state index is 0.0222. The molecule has 1 aromatic carbocycles. The van der Waals surface area contributed by atoms with Gasteiger partial charge < -0.3 is 19.6 Å². The van der Waals surface area contributed by atoms with Crippen molar-refractivity contribution in [3.8, 4) is 5.75 Å². The number of amides is 2. The highest BCUT2D eigenvalue weighted by molar-refractivity contribution is 6.00. The number of hydrogen-bond donors (Lipinski definition) is 1. The van der Waals surface area contributed by atoms with Gasteiger partial charge in [-0.25, -0.2) is 0 Å². The number of rotatable bonds is 8. The van der Waals surface area contributed by atoms with Crippen molar-refractivity contribution in [1.29, 1.82) is 0 Å². The maximum atomic E-state index is 12.8. The number of hydrogen-bond acceptors (Lipinski definition) is 4. The molecule has 1 unspecified atom stereocenters. The molecule has 0 bridgehead atoms. The number of likely N-dealkylation sites (N-methyl/N-ethyl adjacent to an activating group) is 1. The quantitative estimate of drug-likeness (QED) is 0.743. The van der Waals surface area contributed by atoms with Gasteiger partial charge in [-0.1, -0.05) is 12.1 Å². The first-order valence-corrected chi connectivity index (χ1v) is 8.63. The molecule has 9 heteroatoms. The number of halogens is 2. The fourth-order valence-electron chi connectivity index (χ4n) is 3.10. The maximum Gasteiger partial charge on any atom is 0.387 e. The second-order valence-corrected chi connectivity index (χ2v) is 6.29. The molecule has 148 valence electrons. The monoisotopic (exact) mass is 384 g/mol. The average Bonchev–Trinajstić information content (AvgIpc) is 3.09. The lowest BCUT2D eigenvalue weighted by Crippen LogP contribution is -2.47. The molecule has 1 aliphatic heterocycles.